The van der Waals surface area contributed by atoms with Gasteiger partial charge in [0.1, 0.15) is 5.75 Å². The van der Waals surface area contributed by atoms with Gasteiger partial charge >= 0.3 is 0 Å². The second kappa shape index (κ2) is 6.97. The number of benzene rings is 1. The summed E-state index contributed by atoms with van der Waals surface area (Å²) in [6.07, 6.45) is 7.33. The Balaban J connectivity index is 1.99. The largest absolute Gasteiger partial charge is 0.497 e. The molecular weight excluding hydrogens is 252 g/mol. The van der Waals surface area contributed by atoms with Crippen molar-refractivity contribution in [3.05, 3.63) is 29.8 Å². The third-order valence-corrected chi connectivity index (χ3v) is 3.60. The fraction of sp³-hybridized carbons (Fsp3) is 0.438. The maximum absolute atomic E-state index is 11.8. The van der Waals surface area contributed by atoms with Gasteiger partial charge in [-0.25, -0.2) is 0 Å². The molecule has 1 amide bonds. The quantitative estimate of drug-likeness (QED) is 0.828. The number of nitrogens with zero attached hydrogens (tertiary/aromatic N) is 1. The molecular formula is C16H20N2O2. The van der Waals surface area contributed by atoms with Gasteiger partial charge in [0, 0.05) is 6.04 Å². The van der Waals surface area contributed by atoms with Crippen LogP contribution in [0.3, 0.4) is 0 Å². The molecule has 1 fully saturated rings. The van der Waals surface area contributed by atoms with Crippen molar-refractivity contribution >= 4 is 5.91 Å². The third-order valence-electron chi connectivity index (χ3n) is 3.60. The molecule has 2 rings (SSSR count). The summed E-state index contributed by atoms with van der Waals surface area (Å²) in [5.74, 6) is 3.26. The lowest BCUT2D eigenvalue weighted by Crippen LogP contribution is -2.37. The van der Waals surface area contributed by atoms with Crippen LogP contribution in [0.15, 0.2) is 24.3 Å². The lowest BCUT2D eigenvalue weighted by molar-refractivity contribution is -0.122. The molecule has 0 radical (unpaired) electrons. The van der Waals surface area contributed by atoms with E-state index < -0.39 is 0 Å². The topological polar surface area (TPSA) is 41.6 Å². The van der Waals surface area contributed by atoms with Crippen LogP contribution >= 0.6 is 0 Å². The van der Waals surface area contributed by atoms with E-state index in [9.17, 15) is 4.79 Å². The molecule has 106 valence electrons. The summed E-state index contributed by atoms with van der Waals surface area (Å²) in [6.45, 7) is 1.64. The van der Waals surface area contributed by atoms with Gasteiger partial charge in [-0.15, -0.1) is 6.42 Å². The lowest BCUT2D eigenvalue weighted by Gasteiger charge is -2.24. The highest BCUT2D eigenvalue weighted by molar-refractivity contribution is 5.78. The predicted octanol–water partition coefficient (Wildman–Crippen LogP) is 1.58. The number of hydrogen-bond donors (Lipinski definition) is 1. The fourth-order valence-electron chi connectivity index (χ4n) is 2.61. The molecule has 1 N–H and O–H groups in total. The van der Waals surface area contributed by atoms with Crippen molar-refractivity contribution < 1.29 is 9.53 Å². The summed E-state index contributed by atoms with van der Waals surface area (Å²) in [7, 11) is 1.66. The van der Waals surface area contributed by atoms with Crippen LogP contribution in [0.5, 0.6) is 5.75 Å². The Kier molecular flexibility index (Phi) is 5.03. The highest BCUT2D eigenvalue weighted by atomic mass is 16.5. The lowest BCUT2D eigenvalue weighted by atomic mass is 10.0. The number of carbonyl (C=O) groups is 1. The van der Waals surface area contributed by atoms with Crippen LogP contribution in [-0.4, -0.2) is 37.6 Å². The van der Waals surface area contributed by atoms with E-state index in [1.54, 1.807) is 7.11 Å². The van der Waals surface area contributed by atoms with E-state index in [0.717, 1.165) is 25.1 Å². The molecule has 1 heterocycles. The standard InChI is InChI=1S/C16H20N2O2/c1-3-10-17-16(19)12-18-11-4-5-15(18)13-6-8-14(20-2)9-7-13/h1,6-9,15H,4-5,10-12H2,2H3,(H,17,19). The summed E-state index contributed by atoms with van der Waals surface area (Å²) in [4.78, 5) is 14.0. The first-order chi connectivity index (χ1) is 9.74. The first-order valence-electron chi connectivity index (χ1n) is 6.82. The van der Waals surface area contributed by atoms with Gasteiger partial charge in [0.25, 0.3) is 0 Å². The van der Waals surface area contributed by atoms with Gasteiger partial charge in [0.15, 0.2) is 0 Å². The number of ether oxygens (including phenoxy) is 1. The molecule has 4 heteroatoms. The van der Waals surface area contributed by atoms with E-state index in [4.69, 9.17) is 11.2 Å². The zero-order valence-electron chi connectivity index (χ0n) is 11.8. The third kappa shape index (κ3) is 3.52. The molecule has 1 aromatic carbocycles. The normalized spacial score (nSPS) is 18.5. The number of methoxy groups -OCH3 is 1. The monoisotopic (exact) mass is 272 g/mol. The van der Waals surface area contributed by atoms with Crippen LogP contribution in [0.1, 0.15) is 24.4 Å². The Hall–Kier alpha value is -1.99. The molecule has 1 unspecified atom stereocenters. The van der Waals surface area contributed by atoms with Crippen LogP contribution in [-0.2, 0) is 4.79 Å². The number of hydrogen-bond acceptors (Lipinski definition) is 3. The van der Waals surface area contributed by atoms with Crippen molar-refractivity contribution in [3.63, 3.8) is 0 Å². The van der Waals surface area contributed by atoms with Crippen LogP contribution in [0, 0.1) is 12.3 Å². The van der Waals surface area contributed by atoms with Crippen LogP contribution < -0.4 is 10.1 Å². The Morgan fingerprint density at radius 1 is 1.50 bits per heavy atom. The maximum Gasteiger partial charge on any atom is 0.234 e. The molecule has 1 aliphatic rings. The number of nitrogens with one attached hydrogen (secondary N) is 1. The van der Waals surface area contributed by atoms with Gasteiger partial charge in [0.2, 0.25) is 5.91 Å². The predicted molar refractivity (Wildman–Crippen MR) is 78.4 cm³/mol. The first kappa shape index (κ1) is 14.4. The van der Waals surface area contributed by atoms with Crippen molar-refractivity contribution in [2.45, 2.75) is 18.9 Å². The Morgan fingerprint density at radius 3 is 2.90 bits per heavy atom. The number of amides is 1. The summed E-state index contributed by atoms with van der Waals surface area (Å²) < 4.78 is 5.17. The van der Waals surface area contributed by atoms with E-state index >= 15 is 0 Å². The first-order valence-corrected chi connectivity index (χ1v) is 6.82. The molecule has 20 heavy (non-hydrogen) atoms. The van der Waals surface area contributed by atoms with Crippen molar-refractivity contribution in [2.75, 3.05) is 26.7 Å². The van der Waals surface area contributed by atoms with E-state index in [1.807, 2.05) is 12.1 Å². The molecule has 0 aromatic heterocycles. The van der Waals surface area contributed by atoms with E-state index in [1.165, 1.54) is 5.56 Å². The average Bonchev–Trinajstić information content (AvgIpc) is 2.93. The van der Waals surface area contributed by atoms with E-state index in [-0.39, 0.29) is 5.91 Å². The van der Waals surface area contributed by atoms with Gasteiger partial charge in [-0.1, -0.05) is 18.1 Å². The summed E-state index contributed by atoms with van der Waals surface area (Å²) in [5.41, 5.74) is 1.23. The number of rotatable bonds is 5. The minimum Gasteiger partial charge on any atom is -0.497 e. The Labute approximate surface area is 120 Å². The van der Waals surface area contributed by atoms with Crippen molar-refractivity contribution in [3.8, 4) is 18.1 Å². The molecule has 0 saturated carbocycles. The second-order valence-electron chi connectivity index (χ2n) is 4.88. The van der Waals surface area contributed by atoms with E-state index in [2.05, 4.69) is 28.3 Å². The number of terminal acetylenes is 1. The van der Waals surface area contributed by atoms with Crippen molar-refractivity contribution in [2.24, 2.45) is 0 Å². The smallest absolute Gasteiger partial charge is 0.234 e. The van der Waals surface area contributed by atoms with Crippen LogP contribution in [0.2, 0.25) is 0 Å². The van der Waals surface area contributed by atoms with Gasteiger partial charge in [-0.3, -0.25) is 9.69 Å². The molecule has 1 aromatic rings. The zero-order valence-corrected chi connectivity index (χ0v) is 11.8. The molecule has 4 nitrogen and oxygen atoms in total. The highest BCUT2D eigenvalue weighted by Gasteiger charge is 2.27. The second-order valence-corrected chi connectivity index (χ2v) is 4.88. The summed E-state index contributed by atoms with van der Waals surface area (Å²) in [5, 5.41) is 2.71. The van der Waals surface area contributed by atoms with Gasteiger partial charge in [0.05, 0.1) is 20.2 Å². The fourth-order valence-corrected chi connectivity index (χ4v) is 2.61. The molecule has 1 saturated heterocycles. The average molecular weight is 272 g/mol. The number of likely N-dealkylation sites (tertiary alicyclic amines) is 1. The van der Waals surface area contributed by atoms with Crippen molar-refractivity contribution in [1.29, 1.82) is 0 Å². The molecule has 1 aliphatic heterocycles. The minimum absolute atomic E-state index is 0.0108. The molecule has 0 spiro atoms. The van der Waals surface area contributed by atoms with Gasteiger partial charge < -0.3 is 10.1 Å². The molecule has 0 bridgehead atoms. The number of carbonyl (C=O) groups excluding carboxylic acids is 1. The van der Waals surface area contributed by atoms with Gasteiger partial charge in [-0.05, 0) is 37.1 Å². The van der Waals surface area contributed by atoms with Gasteiger partial charge in [-0.2, -0.15) is 0 Å². The minimum atomic E-state index is -0.0108. The molecule has 0 aliphatic carbocycles. The van der Waals surface area contributed by atoms with Crippen LogP contribution in [0.25, 0.3) is 0 Å². The molecule has 1 atom stereocenters. The highest BCUT2D eigenvalue weighted by Crippen LogP contribution is 2.32. The summed E-state index contributed by atoms with van der Waals surface area (Å²) in [6, 6.07) is 8.37. The zero-order chi connectivity index (χ0) is 14.4. The van der Waals surface area contributed by atoms with Crippen LogP contribution in [0.4, 0.5) is 0 Å². The van der Waals surface area contributed by atoms with E-state index in [0.29, 0.717) is 19.1 Å². The summed E-state index contributed by atoms with van der Waals surface area (Å²) >= 11 is 0. The van der Waals surface area contributed by atoms with Crippen molar-refractivity contribution in [1.82, 2.24) is 10.2 Å². The Bertz CT molecular complexity index is 490. The SMILES string of the molecule is C#CCNC(=O)CN1CCCC1c1ccc(OC)cc1. The Morgan fingerprint density at radius 2 is 2.25 bits per heavy atom. The maximum atomic E-state index is 11.8.